The number of fused-ring (bicyclic) bond motifs is 1. The van der Waals surface area contributed by atoms with E-state index in [1.165, 1.54) is 0 Å². The Morgan fingerprint density at radius 1 is 1.54 bits per heavy atom. The van der Waals surface area contributed by atoms with E-state index >= 15 is 0 Å². The Kier molecular flexibility index (Phi) is 2.17. The Morgan fingerprint density at radius 3 is 3.00 bits per heavy atom. The molecule has 13 heavy (non-hydrogen) atoms. The molecule has 0 N–H and O–H groups in total. The maximum atomic E-state index is 5.36. The van der Waals surface area contributed by atoms with Crippen molar-refractivity contribution in [3.63, 3.8) is 0 Å². The molecule has 2 nitrogen and oxygen atoms in total. The second-order valence-corrected chi connectivity index (χ2v) is 4.43. The summed E-state index contributed by atoms with van der Waals surface area (Å²) in [4.78, 5) is 4.22. The first kappa shape index (κ1) is 8.84. The normalized spacial score (nSPS) is 11.3. The van der Waals surface area contributed by atoms with Crippen LogP contribution in [-0.2, 0) is 0 Å². The van der Waals surface area contributed by atoms with E-state index in [9.17, 15) is 0 Å². The molecule has 0 bridgehead atoms. The number of hydrogen-bond acceptors (Lipinski definition) is 3. The Hall–Kier alpha value is -0.740. The van der Waals surface area contributed by atoms with Crippen LogP contribution < -0.4 is 0 Å². The van der Waals surface area contributed by atoms with Crippen molar-refractivity contribution in [1.82, 2.24) is 9.55 Å². The summed E-state index contributed by atoms with van der Waals surface area (Å²) in [5, 5.41) is 0. The van der Waals surface area contributed by atoms with Gasteiger partial charge in [-0.3, -0.25) is 0 Å². The number of nitrogens with zero attached hydrogens (tertiary/aromatic N) is 2. The second-order valence-electron chi connectivity index (χ2n) is 3.19. The molecule has 0 atom stereocenters. The molecule has 2 aromatic heterocycles. The van der Waals surface area contributed by atoms with Gasteiger partial charge in [0.15, 0.2) is 0 Å². The molecule has 2 rings (SSSR count). The predicted octanol–water partition coefficient (Wildman–Crippen LogP) is 3.41. The fourth-order valence-electron chi connectivity index (χ4n) is 1.28. The van der Waals surface area contributed by atoms with E-state index < -0.39 is 0 Å². The maximum Gasteiger partial charge on any atom is 0.125 e. The average molecular weight is 210 g/mol. The minimum absolute atomic E-state index is 0.416. The van der Waals surface area contributed by atoms with Crippen molar-refractivity contribution in [3.05, 3.63) is 22.4 Å². The Labute approximate surface area is 85.9 Å². The summed E-state index contributed by atoms with van der Waals surface area (Å²) < 4.78 is 4.11. The molecule has 0 saturated heterocycles. The molecule has 0 aliphatic rings. The van der Waals surface area contributed by atoms with Gasteiger partial charge in [0, 0.05) is 12.2 Å². The lowest BCUT2D eigenvalue weighted by molar-refractivity contribution is 0.593. The number of hydrogen-bond donors (Lipinski definition) is 0. The van der Waals surface area contributed by atoms with E-state index in [2.05, 4.69) is 23.4 Å². The van der Waals surface area contributed by atoms with E-state index in [4.69, 9.17) is 12.2 Å². The summed E-state index contributed by atoms with van der Waals surface area (Å²) in [6.45, 7) is 4.26. The molecule has 0 unspecified atom stereocenters. The van der Waals surface area contributed by atoms with Crippen LogP contribution in [0.1, 0.15) is 19.9 Å². The highest BCUT2D eigenvalue weighted by molar-refractivity contribution is 7.71. The van der Waals surface area contributed by atoms with Crippen molar-refractivity contribution < 1.29 is 0 Å². The van der Waals surface area contributed by atoms with Crippen LogP contribution in [0, 0.1) is 4.64 Å². The molecule has 0 aliphatic carbocycles. The van der Waals surface area contributed by atoms with Crippen LogP contribution in [0.15, 0.2) is 17.8 Å². The van der Waals surface area contributed by atoms with Gasteiger partial charge in [-0.2, -0.15) is 0 Å². The summed E-state index contributed by atoms with van der Waals surface area (Å²) in [6.07, 6.45) is 2.01. The number of thiazole rings is 1. The maximum absolute atomic E-state index is 5.36. The van der Waals surface area contributed by atoms with Gasteiger partial charge in [0.1, 0.15) is 4.64 Å². The second kappa shape index (κ2) is 3.20. The van der Waals surface area contributed by atoms with Crippen molar-refractivity contribution in [1.29, 1.82) is 0 Å². The van der Waals surface area contributed by atoms with Crippen LogP contribution in [0.3, 0.4) is 0 Å². The predicted molar refractivity (Wildman–Crippen MR) is 58.8 cm³/mol. The first-order valence-electron chi connectivity index (χ1n) is 4.14. The minimum atomic E-state index is 0.416. The number of pyridine rings is 1. The highest BCUT2D eigenvalue weighted by Crippen LogP contribution is 2.20. The molecule has 0 radical (unpaired) electrons. The van der Waals surface area contributed by atoms with Gasteiger partial charge in [0.2, 0.25) is 0 Å². The zero-order valence-corrected chi connectivity index (χ0v) is 9.15. The lowest BCUT2D eigenvalue weighted by Gasteiger charge is -2.10. The largest absolute Gasteiger partial charge is 0.335 e. The molecular formula is C9H10N2S2. The smallest absolute Gasteiger partial charge is 0.125 e. The van der Waals surface area contributed by atoms with E-state index in [-0.39, 0.29) is 0 Å². The quantitative estimate of drug-likeness (QED) is 0.671. The topological polar surface area (TPSA) is 17.8 Å². The number of aromatic nitrogens is 2. The van der Waals surface area contributed by atoms with E-state index in [1.54, 1.807) is 11.3 Å². The fraction of sp³-hybridized carbons (Fsp3) is 0.333. The molecule has 0 amide bonds. The molecule has 0 aromatic carbocycles. The monoisotopic (exact) mass is 210 g/mol. The fourth-order valence-corrected chi connectivity index (χ4v) is 2.52. The van der Waals surface area contributed by atoms with Crippen molar-refractivity contribution in [2.45, 2.75) is 19.9 Å². The van der Waals surface area contributed by atoms with Gasteiger partial charge >= 0.3 is 0 Å². The van der Waals surface area contributed by atoms with Crippen LogP contribution in [0.25, 0.3) is 10.2 Å². The molecular weight excluding hydrogens is 200 g/mol. The molecule has 0 aliphatic heterocycles. The number of rotatable bonds is 1. The zero-order chi connectivity index (χ0) is 9.42. The third-order valence-electron chi connectivity index (χ3n) is 1.97. The van der Waals surface area contributed by atoms with Crippen molar-refractivity contribution in [3.8, 4) is 0 Å². The molecule has 2 aromatic rings. The zero-order valence-electron chi connectivity index (χ0n) is 7.52. The Balaban J connectivity index is 2.81. The third-order valence-corrected chi connectivity index (χ3v) is 3.37. The van der Waals surface area contributed by atoms with Gasteiger partial charge in [-0.05, 0) is 19.9 Å². The van der Waals surface area contributed by atoms with Crippen LogP contribution >= 0.6 is 23.6 Å². The van der Waals surface area contributed by atoms with Crippen molar-refractivity contribution >= 4 is 33.8 Å². The van der Waals surface area contributed by atoms with Gasteiger partial charge in [-0.1, -0.05) is 12.2 Å². The van der Waals surface area contributed by atoms with Crippen LogP contribution in [0.5, 0.6) is 0 Å². The third kappa shape index (κ3) is 1.40. The van der Waals surface area contributed by atoms with Crippen LogP contribution in [0.2, 0.25) is 0 Å². The summed E-state index contributed by atoms with van der Waals surface area (Å²) in [5.74, 6) is 0. The van der Waals surface area contributed by atoms with Gasteiger partial charge in [-0.15, -0.1) is 11.3 Å². The SMILES string of the molecule is CC(C)n1ccc2ncsc2c1=S. The highest BCUT2D eigenvalue weighted by Gasteiger charge is 2.03. The molecule has 68 valence electrons. The minimum Gasteiger partial charge on any atom is -0.335 e. The van der Waals surface area contributed by atoms with Crippen LogP contribution in [0.4, 0.5) is 0 Å². The Morgan fingerprint density at radius 2 is 2.31 bits per heavy atom. The molecule has 4 heteroatoms. The molecule has 0 fully saturated rings. The van der Waals surface area contributed by atoms with Gasteiger partial charge < -0.3 is 4.57 Å². The van der Waals surface area contributed by atoms with Crippen molar-refractivity contribution in [2.24, 2.45) is 0 Å². The first-order valence-corrected chi connectivity index (χ1v) is 5.43. The van der Waals surface area contributed by atoms with Crippen molar-refractivity contribution in [2.75, 3.05) is 0 Å². The van der Waals surface area contributed by atoms with Gasteiger partial charge in [-0.25, -0.2) is 4.98 Å². The van der Waals surface area contributed by atoms with Gasteiger partial charge in [0.25, 0.3) is 0 Å². The summed E-state index contributed by atoms with van der Waals surface area (Å²) in [5.41, 5.74) is 2.84. The summed E-state index contributed by atoms with van der Waals surface area (Å²) >= 11 is 6.97. The average Bonchev–Trinajstić information content (AvgIpc) is 2.52. The Bertz CT molecular complexity index is 482. The lowest BCUT2D eigenvalue weighted by atomic mass is 10.3. The summed E-state index contributed by atoms with van der Waals surface area (Å²) in [7, 11) is 0. The van der Waals surface area contributed by atoms with E-state index in [0.717, 1.165) is 14.9 Å². The molecule has 0 saturated carbocycles. The van der Waals surface area contributed by atoms with Crippen LogP contribution in [-0.4, -0.2) is 9.55 Å². The summed E-state index contributed by atoms with van der Waals surface area (Å²) in [6, 6.07) is 2.43. The molecule has 0 spiro atoms. The molecule has 2 heterocycles. The standard InChI is InChI=1S/C9H10N2S2/c1-6(2)11-4-3-7-8(9(11)12)13-5-10-7/h3-6H,1-2H3. The van der Waals surface area contributed by atoms with Gasteiger partial charge in [0.05, 0.1) is 15.7 Å². The van der Waals surface area contributed by atoms with E-state index in [0.29, 0.717) is 6.04 Å². The first-order chi connectivity index (χ1) is 6.20. The highest BCUT2D eigenvalue weighted by atomic mass is 32.1. The lowest BCUT2D eigenvalue weighted by Crippen LogP contribution is -2.01. The van der Waals surface area contributed by atoms with E-state index in [1.807, 2.05) is 17.8 Å².